The largest absolute Gasteiger partial charge is 0.456 e. The summed E-state index contributed by atoms with van der Waals surface area (Å²) in [5, 5.41) is 7.30. The molecule has 0 saturated heterocycles. The highest BCUT2D eigenvalue weighted by Gasteiger charge is 2.42. The Bertz CT molecular complexity index is 925. The van der Waals surface area contributed by atoms with E-state index < -0.39 is 17.5 Å². The molecule has 0 unspecified atom stereocenters. The Balaban J connectivity index is 1.57. The number of methoxy groups -OCH3 is 1. The number of pyridine rings is 2. The Morgan fingerprint density at radius 1 is 1.07 bits per heavy atom. The number of nitrogens with one attached hydrogen (secondary N) is 3. The number of ether oxygens (including phenoxy) is 2. The quantitative estimate of drug-likeness (QED) is 0.662. The second-order valence-corrected chi connectivity index (χ2v) is 6.75. The molecule has 10 heteroatoms. The number of nitrogens with zero attached hydrogens (tertiary/aromatic N) is 2. The summed E-state index contributed by atoms with van der Waals surface area (Å²) in [7, 11) is 2.99. The summed E-state index contributed by atoms with van der Waals surface area (Å²) in [6.45, 7) is 0. The number of aromatic nitrogens is 2. The molecule has 10 nitrogen and oxygen atoms in total. The van der Waals surface area contributed by atoms with E-state index in [-0.39, 0.29) is 17.4 Å². The van der Waals surface area contributed by atoms with Crippen LogP contribution >= 0.6 is 0 Å². The van der Waals surface area contributed by atoms with Crippen LogP contribution in [0.3, 0.4) is 0 Å². The molecule has 0 bridgehead atoms. The molecule has 1 saturated carbocycles. The number of anilines is 1. The minimum Gasteiger partial charge on any atom is -0.456 e. The highest BCUT2D eigenvalue weighted by molar-refractivity contribution is 6.03. The van der Waals surface area contributed by atoms with Crippen molar-refractivity contribution in [3.05, 3.63) is 42.4 Å². The summed E-state index contributed by atoms with van der Waals surface area (Å²) in [5.74, 6) is 0.272. The van der Waals surface area contributed by atoms with Crippen LogP contribution in [-0.2, 0) is 9.53 Å². The van der Waals surface area contributed by atoms with E-state index in [1.807, 2.05) is 0 Å². The molecule has 0 aromatic carbocycles. The van der Waals surface area contributed by atoms with Crippen LogP contribution in [0.25, 0.3) is 0 Å². The Morgan fingerprint density at radius 3 is 2.47 bits per heavy atom. The number of imide groups is 1. The summed E-state index contributed by atoms with van der Waals surface area (Å²) >= 11 is 0. The summed E-state index contributed by atoms with van der Waals surface area (Å²) < 4.78 is 11.0. The third-order valence-electron chi connectivity index (χ3n) is 4.85. The van der Waals surface area contributed by atoms with Gasteiger partial charge in [-0.25, -0.2) is 9.78 Å². The van der Waals surface area contributed by atoms with Crippen LogP contribution in [0.4, 0.5) is 10.6 Å². The molecular weight excluding hydrogens is 390 g/mol. The van der Waals surface area contributed by atoms with Gasteiger partial charge in [0.25, 0.3) is 11.8 Å². The summed E-state index contributed by atoms with van der Waals surface area (Å²) in [6, 6.07) is 5.54. The molecule has 158 valence electrons. The zero-order valence-electron chi connectivity index (χ0n) is 16.7. The molecule has 0 radical (unpaired) electrons. The molecule has 4 amide bonds. The minimum atomic E-state index is -0.944. The van der Waals surface area contributed by atoms with E-state index in [0.29, 0.717) is 24.3 Å². The van der Waals surface area contributed by atoms with Crippen molar-refractivity contribution < 1.29 is 23.9 Å². The predicted octanol–water partition coefficient (Wildman–Crippen LogP) is 2.24. The van der Waals surface area contributed by atoms with Crippen molar-refractivity contribution >= 4 is 23.7 Å². The molecule has 1 fully saturated rings. The van der Waals surface area contributed by atoms with Crippen LogP contribution < -0.4 is 20.7 Å². The topological polar surface area (TPSA) is 132 Å². The fourth-order valence-corrected chi connectivity index (χ4v) is 3.21. The summed E-state index contributed by atoms with van der Waals surface area (Å²) in [6.07, 6.45) is 5.81. The van der Waals surface area contributed by atoms with Gasteiger partial charge in [-0.2, -0.15) is 0 Å². The normalized spacial score (nSPS) is 14.6. The van der Waals surface area contributed by atoms with Gasteiger partial charge in [-0.15, -0.1) is 0 Å². The van der Waals surface area contributed by atoms with E-state index in [1.165, 1.54) is 38.7 Å². The lowest BCUT2D eigenvalue weighted by atomic mass is 10.0. The molecule has 0 aliphatic heterocycles. The van der Waals surface area contributed by atoms with Gasteiger partial charge in [-0.3, -0.25) is 25.2 Å². The van der Waals surface area contributed by atoms with Crippen molar-refractivity contribution in [1.82, 2.24) is 20.6 Å². The average Bonchev–Trinajstić information content (AvgIpc) is 3.25. The summed E-state index contributed by atoms with van der Waals surface area (Å²) in [5.41, 5.74) is -0.723. The van der Waals surface area contributed by atoms with E-state index in [9.17, 15) is 14.4 Å². The third-order valence-corrected chi connectivity index (χ3v) is 4.85. The first-order valence-electron chi connectivity index (χ1n) is 9.45. The molecule has 3 rings (SSSR count). The Morgan fingerprint density at radius 2 is 1.83 bits per heavy atom. The first kappa shape index (κ1) is 21.2. The number of carbonyl (C=O) groups excluding carboxylic acids is 3. The Kier molecular flexibility index (Phi) is 6.58. The van der Waals surface area contributed by atoms with Crippen LogP contribution in [0.2, 0.25) is 0 Å². The van der Waals surface area contributed by atoms with E-state index in [4.69, 9.17) is 9.47 Å². The lowest BCUT2D eigenvalue weighted by molar-refractivity contribution is -0.141. The highest BCUT2D eigenvalue weighted by Crippen LogP contribution is 2.32. The molecular formula is C20H23N5O5. The SMILES string of the molecule is CNC(=O)c1cc(Oc2ccc(NC(=O)NC(=O)C3(OC)CCCC3)nc2)ccn1. The van der Waals surface area contributed by atoms with Crippen LogP contribution in [0.1, 0.15) is 36.2 Å². The molecule has 2 aromatic heterocycles. The summed E-state index contributed by atoms with van der Waals surface area (Å²) in [4.78, 5) is 44.2. The average molecular weight is 413 g/mol. The fraction of sp³-hybridized carbons (Fsp3) is 0.350. The number of hydrogen-bond donors (Lipinski definition) is 3. The van der Waals surface area contributed by atoms with Gasteiger partial charge < -0.3 is 14.8 Å². The predicted molar refractivity (Wildman–Crippen MR) is 107 cm³/mol. The number of urea groups is 1. The standard InChI is InChI=1S/C20H23N5O5/c1-21-17(26)15-11-13(7-10-22-15)30-14-5-6-16(23-12-14)24-19(28)25-18(27)20(29-2)8-3-4-9-20/h5-7,10-12H,3-4,8-9H2,1-2H3,(H,21,26)(H2,23,24,25,27,28). The van der Waals surface area contributed by atoms with Crippen molar-refractivity contribution in [2.75, 3.05) is 19.5 Å². The van der Waals surface area contributed by atoms with Crippen LogP contribution in [0.15, 0.2) is 36.7 Å². The van der Waals surface area contributed by atoms with Gasteiger partial charge in [0.1, 0.15) is 28.6 Å². The van der Waals surface area contributed by atoms with Crippen molar-refractivity contribution in [3.8, 4) is 11.5 Å². The monoisotopic (exact) mass is 413 g/mol. The second kappa shape index (κ2) is 9.31. The third kappa shape index (κ3) is 4.90. The van der Waals surface area contributed by atoms with E-state index in [2.05, 4.69) is 25.9 Å². The molecule has 30 heavy (non-hydrogen) atoms. The highest BCUT2D eigenvalue weighted by atomic mass is 16.5. The van der Waals surface area contributed by atoms with Crippen molar-refractivity contribution in [1.29, 1.82) is 0 Å². The molecule has 2 aromatic rings. The maximum atomic E-state index is 12.4. The first-order valence-corrected chi connectivity index (χ1v) is 9.45. The lowest BCUT2D eigenvalue weighted by Crippen LogP contribution is -2.49. The molecule has 0 atom stereocenters. The van der Waals surface area contributed by atoms with E-state index in [0.717, 1.165) is 12.8 Å². The number of amides is 4. The smallest absolute Gasteiger partial charge is 0.327 e. The zero-order chi connectivity index (χ0) is 21.6. The molecule has 1 aliphatic carbocycles. The number of hydrogen-bond acceptors (Lipinski definition) is 7. The van der Waals surface area contributed by atoms with Crippen molar-refractivity contribution in [3.63, 3.8) is 0 Å². The maximum absolute atomic E-state index is 12.4. The molecule has 2 heterocycles. The van der Waals surface area contributed by atoms with Gasteiger partial charge >= 0.3 is 6.03 Å². The zero-order valence-corrected chi connectivity index (χ0v) is 16.7. The van der Waals surface area contributed by atoms with Gasteiger partial charge in [0, 0.05) is 26.4 Å². The van der Waals surface area contributed by atoms with Gasteiger partial charge in [-0.1, -0.05) is 0 Å². The van der Waals surface area contributed by atoms with Gasteiger partial charge in [-0.05, 0) is 43.9 Å². The fourth-order valence-electron chi connectivity index (χ4n) is 3.21. The maximum Gasteiger partial charge on any atom is 0.327 e. The Hall–Kier alpha value is -3.53. The van der Waals surface area contributed by atoms with Crippen molar-refractivity contribution in [2.45, 2.75) is 31.3 Å². The van der Waals surface area contributed by atoms with E-state index in [1.54, 1.807) is 12.1 Å². The van der Waals surface area contributed by atoms with Crippen molar-refractivity contribution in [2.24, 2.45) is 0 Å². The lowest BCUT2D eigenvalue weighted by Gasteiger charge is -2.25. The van der Waals surface area contributed by atoms with E-state index >= 15 is 0 Å². The number of rotatable bonds is 6. The van der Waals surface area contributed by atoms with Crippen LogP contribution in [-0.4, -0.2) is 47.6 Å². The Labute approximate surface area is 173 Å². The number of carbonyl (C=O) groups is 3. The minimum absolute atomic E-state index is 0.221. The molecule has 1 aliphatic rings. The van der Waals surface area contributed by atoms with Gasteiger partial charge in [0.2, 0.25) is 0 Å². The second-order valence-electron chi connectivity index (χ2n) is 6.75. The van der Waals surface area contributed by atoms with Gasteiger partial charge in [0.05, 0.1) is 6.20 Å². The van der Waals surface area contributed by atoms with Crippen LogP contribution in [0.5, 0.6) is 11.5 Å². The van der Waals surface area contributed by atoms with Crippen LogP contribution in [0, 0.1) is 0 Å². The molecule has 0 spiro atoms. The molecule has 3 N–H and O–H groups in total. The first-order chi connectivity index (χ1) is 14.5. The van der Waals surface area contributed by atoms with Gasteiger partial charge in [0.15, 0.2) is 0 Å².